The maximum absolute atomic E-state index is 5.92. The quantitative estimate of drug-likeness (QED) is 0.716. The molecule has 16 heavy (non-hydrogen) atoms. The van der Waals surface area contributed by atoms with Crippen molar-refractivity contribution in [1.82, 2.24) is 0 Å². The van der Waals surface area contributed by atoms with Crippen molar-refractivity contribution >= 4 is 0 Å². The molecule has 0 spiro atoms. The first-order valence-electron chi connectivity index (χ1n) is 5.48. The highest BCUT2D eigenvalue weighted by molar-refractivity contribution is 5.46. The second kappa shape index (κ2) is 4.40. The van der Waals surface area contributed by atoms with Crippen LogP contribution in [0.4, 0.5) is 0 Å². The van der Waals surface area contributed by atoms with Gasteiger partial charge in [0.1, 0.15) is 11.5 Å². The van der Waals surface area contributed by atoms with Crippen LogP contribution in [0.5, 0.6) is 11.5 Å². The monoisotopic (exact) mass is 212 g/mol. The van der Waals surface area contributed by atoms with E-state index in [4.69, 9.17) is 4.74 Å². The predicted molar refractivity (Wildman–Crippen MR) is 67.2 cm³/mol. The highest BCUT2D eigenvalue weighted by Gasteiger charge is 2.06. The summed E-state index contributed by atoms with van der Waals surface area (Å²) in [5.74, 6) is 1.87. The van der Waals surface area contributed by atoms with Gasteiger partial charge in [0.15, 0.2) is 0 Å². The Morgan fingerprint density at radius 1 is 0.750 bits per heavy atom. The maximum Gasteiger partial charge on any atom is 0.133 e. The summed E-state index contributed by atoms with van der Waals surface area (Å²) in [4.78, 5) is 0. The molecule has 2 aromatic carbocycles. The number of ether oxygens (including phenoxy) is 1. The summed E-state index contributed by atoms with van der Waals surface area (Å²) in [5.41, 5.74) is 3.65. The highest BCUT2D eigenvalue weighted by atomic mass is 16.5. The topological polar surface area (TPSA) is 9.23 Å². The fraction of sp³-hybridized carbons (Fsp3) is 0.200. The Morgan fingerprint density at radius 2 is 1.38 bits per heavy atom. The number of para-hydroxylation sites is 1. The Bertz CT molecular complexity index is 486. The maximum atomic E-state index is 5.92. The molecule has 2 aromatic rings. The van der Waals surface area contributed by atoms with Crippen molar-refractivity contribution in [2.24, 2.45) is 0 Å². The van der Waals surface area contributed by atoms with Gasteiger partial charge >= 0.3 is 0 Å². The zero-order valence-electron chi connectivity index (χ0n) is 9.95. The second-order valence-electron chi connectivity index (χ2n) is 4.07. The minimum atomic E-state index is 0.888. The molecule has 0 amide bonds. The number of benzene rings is 2. The van der Waals surface area contributed by atoms with Crippen LogP contribution in [0.2, 0.25) is 0 Å². The van der Waals surface area contributed by atoms with Crippen molar-refractivity contribution in [3.63, 3.8) is 0 Å². The molecule has 0 aliphatic heterocycles. The summed E-state index contributed by atoms with van der Waals surface area (Å²) < 4.78 is 5.92. The first kappa shape index (κ1) is 10.7. The van der Waals surface area contributed by atoms with Crippen molar-refractivity contribution in [3.8, 4) is 11.5 Å². The summed E-state index contributed by atoms with van der Waals surface area (Å²) >= 11 is 0. The number of aryl methyl sites for hydroxylation is 2. The van der Waals surface area contributed by atoms with Crippen LogP contribution in [0.25, 0.3) is 0 Å². The van der Waals surface area contributed by atoms with E-state index >= 15 is 0 Å². The molecular weight excluding hydrogens is 196 g/mol. The largest absolute Gasteiger partial charge is 0.457 e. The molecule has 0 atom stereocenters. The summed E-state index contributed by atoms with van der Waals surface area (Å²) in [7, 11) is 0. The van der Waals surface area contributed by atoms with E-state index in [9.17, 15) is 0 Å². The molecule has 0 N–H and O–H groups in total. The molecule has 1 nitrogen and oxygen atoms in total. The predicted octanol–water partition coefficient (Wildman–Crippen LogP) is 4.40. The van der Waals surface area contributed by atoms with E-state index in [-0.39, 0.29) is 0 Å². The summed E-state index contributed by atoms with van der Waals surface area (Å²) in [6, 6.07) is 14.1. The van der Waals surface area contributed by atoms with Gasteiger partial charge in [-0.2, -0.15) is 0 Å². The third-order valence-electron chi connectivity index (χ3n) is 2.84. The molecule has 0 radical (unpaired) electrons. The Kier molecular flexibility index (Phi) is 2.95. The van der Waals surface area contributed by atoms with Gasteiger partial charge in [-0.05, 0) is 49.6 Å². The third kappa shape index (κ3) is 2.08. The standard InChI is InChI=1S/C15H16O/c1-11-9-10-12(2)15(13(11)3)16-14-7-5-4-6-8-14/h4-10H,1-3H3. The van der Waals surface area contributed by atoms with E-state index in [0.717, 1.165) is 11.5 Å². The molecule has 82 valence electrons. The zero-order valence-corrected chi connectivity index (χ0v) is 9.95. The van der Waals surface area contributed by atoms with Crippen LogP contribution >= 0.6 is 0 Å². The first-order chi connectivity index (χ1) is 7.68. The van der Waals surface area contributed by atoms with Crippen LogP contribution in [0.15, 0.2) is 42.5 Å². The van der Waals surface area contributed by atoms with E-state index in [0.29, 0.717) is 0 Å². The fourth-order valence-electron chi connectivity index (χ4n) is 1.69. The zero-order chi connectivity index (χ0) is 11.5. The SMILES string of the molecule is Cc1ccc(C)c(Oc2ccccc2)c1C. The average molecular weight is 212 g/mol. The van der Waals surface area contributed by atoms with Gasteiger partial charge in [0, 0.05) is 0 Å². The molecule has 0 saturated heterocycles. The first-order valence-corrected chi connectivity index (χ1v) is 5.48. The third-order valence-corrected chi connectivity index (χ3v) is 2.84. The lowest BCUT2D eigenvalue weighted by molar-refractivity contribution is 0.474. The Labute approximate surface area is 96.7 Å². The molecule has 0 aliphatic carbocycles. The van der Waals surface area contributed by atoms with Crippen molar-refractivity contribution in [1.29, 1.82) is 0 Å². The summed E-state index contributed by atoms with van der Waals surface area (Å²) in [6.45, 7) is 6.28. The van der Waals surface area contributed by atoms with E-state index in [1.165, 1.54) is 16.7 Å². The van der Waals surface area contributed by atoms with Gasteiger partial charge in [0.25, 0.3) is 0 Å². The van der Waals surface area contributed by atoms with E-state index < -0.39 is 0 Å². The molecule has 0 aromatic heterocycles. The molecule has 0 heterocycles. The van der Waals surface area contributed by atoms with Crippen LogP contribution < -0.4 is 4.74 Å². The normalized spacial score (nSPS) is 10.2. The smallest absolute Gasteiger partial charge is 0.133 e. The molecule has 1 heteroatoms. The lowest BCUT2D eigenvalue weighted by atomic mass is 10.1. The number of hydrogen-bond donors (Lipinski definition) is 0. The van der Waals surface area contributed by atoms with Crippen molar-refractivity contribution in [2.75, 3.05) is 0 Å². The van der Waals surface area contributed by atoms with Gasteiger partial charge in [-0.3, -0.25) is 0 Å². The van der Waals surface area contributed by atoms with Gasteiger partial charge in [-0.1, -0.05) is 30.3 Å². The molecule has 0 unspecified atom stereocenters. The molecule has 0 fully saturated rings. The Morgan fingerprint density at radius 3 is 2.06 bits per heavy atom. The fourth-order valence-corrected chi connectivity index (χ4v) is 1.69. The molecule has 0 saturated carbocycles. The lowest BCUT2D eigenvalue weighted by Gasteiger charge is -2.13. The van der Waals surface area contributed by atoms with Crippen LogP contribution in [0.3, 0.4) is 0 Å². The van der Waals surface area contributed by atoms with E-state index in [2.05, 4.69) is 32.9 Å². The van der Waals surface area contributed by atoms with Gasteiger partial charge < -0.3 is 4.74 Å². The van der Waals surface area contributed by atoms with Crippen molar-refractivity contribution in [3.05, 3.63) is 59.2 Å². The molecule has 0 bridgehead atoms. The van der Waals surface area contributed by atoms with Crippen LogP contribution in [-0.4, -0.2) is 0 Å². The molecule has 2 rings (SSSR count). The van der Waals surface area contributed by atoms with Gasteiger partial charge in [0.05, 0.1) is 0 Å². The van der Waals surface area contributed by atoms with Gasteiger partial charge in [-0.15, -0.1) is 0 Å². The molecular formula is C15H16O. The van der Waals surface area contributed by atoms with E-state index in [1.54, 1.807) is 0 Å². The highest BCUT2D eigenvalue weighted by Crippen LogP contribution is 2.30. The Balaban J connectivity index is 2.38. The Hall–Kier alpha value is -1.76. The van der Waals surface area contributed by atoms with Gasteiger partial charge in [0.2, 0.25) is 0 Å². The van der Waals surface area contributed by atoms with Crippen molar-refractivity contribution < 1.29 is 4.74 Å². The van der Waals surface area contributed by atoms with Crippen LogP contribution in [0.1, 0.15) is 16.7 Å². The molecule has 0 aliphatic rings. The van der Waals surface area contributed by atoms with E-state index in [1.807, 2.05) is 30.3 Å². The van der Waals surface area contributed by atoms with Crippen molar-refractivity contribution in [2.45, 2.75) is 20.8 Å². The second-order valence-corrected chi connectivity index (χ2v) is 4.07. The van der Waals surface area contributed by atoms with Crippen LogP contribution in [-0.2, 0) is 0 Å². The van der Waals surface area contributed by atoms with Crippen LogP contribution in [0, 0.1) is 20.8 Å². The number of rotatable bonds is 2. The minimum absolute atomic E-state index is 0.888. The summed E-state index contributed by atoms with van der Waals surface area (Å²) in [5, 5.41) is 0. The summed E-state index contributed by atoms with van der Waals surface area (Å²) in [6.07, 6.45) is 0. The lowest BCUT2D eigenvalue weighted by Crippen LogP contribution is -1.93. The minimum Gasteiger partial charge on any atom is -0.457 e. The average Bonchev–Trinajstić information content (AvgIpc) is 2.31. The van der Waals surface area contributed by atoms with Gasteiger partial charge in [-0.25, -0.2) is 0 Å². The number of hydrogen-bond acceptors (Lipinski definition) is 1.